The van der Waals surface area contributed by atoms with Gasteiger partial charge >= 0.3 is 0 Å². The molecule has 3 rings (SSSR count). The van der Waals surface area contributed by atoms with Crippen molar-refractivity contribution < 1.29 is 9.59 Å². The Morgan fingerprint density at radius 3 is 2.71 bits per heavy atom. The van der Waals surface area contributed by atoms with E-state index in [0.29, 0.717) is 30.3 Å². The summed E-state index contributed by atoms with van der Waals surface area (Å²) in [6.07, 6.45) is 6.23. The lowest BCUT2D eigenvalue weighted by molar-refractivity contribution is 0.0631. The standard InChI is InChI=1S/C16H20N6O2/c1-10(2)19-15(23)13-9-21-6-7-22(11(3)14(21)20-13)16(24)12-8-17-4-5-18-12/h4-5,8-11H,6-7H2,1-3H3,(H,19,23)/t11-/m0/s1. The molecule has 0 saturated heterocycles. The average Bonchev–Trinajstić information content (AvgIpc) is 3.00. The number of aromatic nitrogens is 4. The van der Waals surface area contributed by atoms with Crippen LogP contribution in [0.5, 0.6) is 0 Å². The highest BCUT2D eigenvalue weighted by atomic mass is 16.2. The third-order valence-corrected chi connectivity index (χ3v) is 3.93. The van der Waals surface area contributed by atoms with Crippen LogP contribution in [0.3, 0.4) is 0 Å². The first kappa shape index (κ1) is 16.1. The Kier molecular flexibility index (Phi) is 4.28. The fourth-order valence-electron chi connectivity index (χ4n) is 2.77. The monoisotopic (exact) mass is 328 g/mol. The zero-order valence-corrected chi connectivity index (χ0v) is 13.9. The van der Waals surface area contributed by atoms with Gasteiger partial charge in [-0.2, -0.15) is 0 Å². The summed E-state index contributed by atoms with van der Waals surface area (Å²) in [6, 6.07) is -0.197. The van der Waals surface area contributed by atoms with Crippen molar-refractivity contribution in [2.75, 3.05) is 6.54 Å². The van der Waals surface area contributed by atoms with Crippen LogP contribution in [-0.2, 0) is 6.54 Å². The molecule has 2 aromatic heterocycles. The molecule has 0 spiro atoms. The zero-order chi connectivity index (χ0) is 17.3. The van der Waals surface area contributed by atoms with Gasteiger partial charge in [0, 0.05) is 37.7 Å². The van der Waals surface area contributed by atoms with E-state index in [1.165, 1.54) is 18.6 Å². The van der Waals surface area contributed by atoms with E-state index >= 15 is 0 Å². The fourth-order valence-corrected chi connectivity index (χ4v) is 2.77. The number of nitrogens with zero attached hydrogens (tertiary/aromatic N) is 5. The van der Waals surface area contributed by atoms with E-state index in [-0.39, 0.29) is 23.9 Å². The largest absolute Gasteiger partial charge is 0.348 e. The molecule has 0 unspecified atom stereocenters. The third kappa shape index (κ3) is 2.99. The summed E-state index contributed by atoms with van der Waals surface area (Å²) >= 11 is 0. The summed E-state index contributed by atoms with van der Waals surface area (Å²) < 4.78 is 1.93. The number of rotatable bonds is 3. The van der Waals surface area contributed by atoms with E-state index in [4.69, 9.17) is 0 Å². The molecule has 0 saturated carbocycles. The van der Waals surface area contributed by atoms with Crippen molar-refractivity contribution in [3.05, 3.63) is 42.0 Å². The van der Waals surface area contributed by atoms with Crippen molar-refractivity contribution in [2.24, 2.45) is 0 Å². The summed E-state index contributed by atoms with van der Waals surface area (Å²) in [7, 11) is 0. The molecule has 8 heteroatoms. The van der Waals surface area contributed by atoms with Crippen molar-refractivity contribution in [1.82, 2.24) is 29.7 Å². The van der Waals surface area contributed by atoms with Crippen LogP contribution < -0.4 is 5.32 Å². The molecule has 0 aliphatic carbocycles. The van der Waals surface area contributed by atoms with Crippen LogP contribution in [0.15, 0.2) is 24.8 Å². The highest BCUT2D eigenvalue weighted by molar-refractivity contribution is 5.93. The number of carbonyl (C=O) groups excluding carboxylic acids is 2. The molecule has 3 heterocycles. The maximum absolute atomic E-state index is 12.6. The molecule has 0 fully saturated rings. The Bertz CT molecular complexity index is 755. The van der Waals surface area contributed by atoms with Gasteiger partial charge in [0.15, 0.2) is 0 Å². The second kappa shape index (κ2) is 6.38. The number of hydrogen-bond donors (Lipinski definition) is 1. The van der Waals surface area contributed by atoms with Gasteiger partial charge in [0.2, 0.25) is 0 Å². The van der Waals surface area contributed by atoms with Gasteiger partial charge in [0.1, 0.15) is 17.2 Å². The van der Waals surface area contributed by atoms with Gasteiger partial charge in [-0.3, -0.25) is 14.6 Å². The van der Waals surface area contributed by atoms with Gasteiger partial charge in [-0.15, -0.1) is 0 Å². The second-order valence-corrected chi connectivity index (χ2v) is 6.07. The zero-order valence-electron chi connectivity index (χ0n) is 13.9. The van der Waals surface area contributed by atoms with Crippen LogP contribution in [0.2, 0.25) is 0 Å². The SMILES string of the molecule is CC(C)NC(=O)c1cn2c(n1)[C@H](C)N(C(=O)c1cnccn1)CC2. The predicted molar refractivity (Wildman–Crippen MR) is 86.3 cm³/mol. The number of nitrogens with one attached hydrogen (secondary N) is 1. The van der Waals surface area contributed by atoms with Gasteiger partial charge in [0.25, 0.3) is 11.8 Å². The molecular weight excluding hydrogens is 308 g/mol. The van der Waals surface area contributed by atoms with E-state index in [1.807, 2.05) is 25.3 Å². The third-order valence-electron chi connectivity index (χ3n) is 3.93. The summed E-state index contributed by atoms with van der Waals surface area (Å²) in [5.41, 5.74) is 0.682. The summed E-state index contributed by atoms with van der Waals surface area (Å²) in [4.78, 5) is 38.9. The minimum atomic E-state index is -0.242. The van der Waals surface area contributed by atoms with E-state index in [2.05, 4.69) is 20.3 Å². The van der Waals surface area contributed by atoms with E-state index in [1.54, 1.807) is 11.1 Å². The molecule has 8 nitrogen and oxygen atoms in total. The minimum Gasteiger partial charge on any atom is -0.348 e. The highest BCUT2D eigenvalue weighted by Gasteiger charge is 2.31. The van der Waals surface area contributed by atoms with E-state index in [0.717, 1.165) is 0 Å². The Morgan fingerprint density at radius 1 is 1.25 bits per heavy atom. The van der Waals surface area contributed by atoms with E-state index in [9.17, 15) is 9.59 Å². The summed E-state index contributed by atoms with van der Waals surface area (Å²) in [6.45, 7) is 6.82. The Morgan fingerprint density at radius 2 is 2.04 bits per heavy atom. The molecule has 0 radical (unpaired) electrons. The van der Waals surface area contributed by atoms with Crippen molar-refractivity contribution in [2.45, 2.75) is 39.4 Å². The van der Waals surface area contributed by atoms with Crippen LogP contribution in [-0.4, -0.2) is 48.8 Å². The van der Waals surface area contributed by atoms with E-state index < -0.39 is 0 Å². The van der Waals surface area contributed by atoms with Gasteiger partial charge in [0.05, 0.1) is 12.2 Å². The van der Waals surface area contributed by atoms with Crippen molar-refractivity contribution in [1.29, 1.82) is 0 Å². The molecule has 1 N–H and O–H groups in total. The molecule has 24 heavy (non-hydrogen) atoms. The predicted octanol–water partition coefficient (Wildman–Crippen LogP) is 1.03. The minimum absolute atomic E-state index is 0.0448. The summed E-state index contributed by atoms with van der Waals surface area (Å²) in [5.74, 6) is 0.316. The van der Waals surface area contributed by atoms with Gasteiger partial charge in [-0.05, 0) is 20.8 Å². The first-order valence-electron chi connectivity index (χ1n) is 7.92. The maximum atomic E-state index is 12.6. The molecule has 1 aliphatic heterocycles. The quantitative estimate of drug-likeness (QED) is 0.908. The lowest BCUT2D eigenvalue weighted by Gasteiger charge is -2.33. The molecule has 0 bridgehead atoms. The number of amides is 2. The topological polar surface area (TPSA) is 93.0 Å². The number of carbonyl (C=O) groups is 2. The van der Waals surface area contributed by atoms with Crippen molar-refractivity contribution in [3.63, 3.8) is 0 Å². The molecule has 1 atom stereocenters. The molecule has 0 aromatic carbocycles. The molecule has 126 valence electrons. The second-order valence-electron chi connectivity index (χ2n) is 6.07. The molecule has 1 aliphatic rings. The van der Waals surface area contributed by atoms with Crippen LogP contribution in [0.4, 0.5) is 0 Å². The maximum Gasteiger partial charge on any atom is 0.274 e. The van der Waals surface area contributed by atoms with Crippen LogP contribution in [0.1, 0.15) is 53.6 Å². The summed E-state index contributed by atoms with van der Waals surface area (Å²) in [5, 5.41) is 2.83. The number of hydrogen-bond acceptors (Lipinski definition) is 5. The first-order chi connectivity index (χ1) is 11.5. The molecular formula is C16H20N6O2. The first-order valence-corrected chi connectivity index (χ1v) is 7.92. The van der Waals surface area contributed by atoms with Crippen LogP contribution >= 0.6 is 0 Å². The smallest absolute Gasteiger partial charge is 0.274 e. The molecule has 2 aromatic rings. The van der Waals surface area contributed by atoms with Gasteiger partial charge in [-0.1, -0.05) is 0 Å². The van der Waals surface area contributed by atoms with Crippen molar-refractivity contribution >= 4 is 11.8 Å². The number of imidazole rings is 1. The van der Waals surface area contributed by atoms with Gasteiger partial charge in [-0.25, -0.2) is 9.97 Å². The normalized spacial score (nSPS) is 16.8. The molecule has 2 amide bonds. The fraction of sp³-hybridized carbons (Fsp3) is 0.438. The lowest BCUT2D eigenvalue weighted by atomic mass is 10.2. The Hall–Kier alpha value is -2.77. The van der Waals surface area contributed by atoms with Crippen LogP contribution in [0, 0.1) is 0 Å². The number of fused-ring (bicyclic) bond motifs is 1. The van der Waals surface area contributed by atoms with Crippen molar-refractivity contribution in [3.8, 4) is 0 Å². The Labute approximate surface area is 139 Å². The lowest BCUT2D eigenvalue weighted by Crippen LogP contribution is -2.41. The average molecular weight is 328 g/mol. The van der Waals surface area contributed by atoms with Gasteiger partial charge < -0.3 is 14.8 Å². The Balaban J connectivity index is 1.83. The van der Waals surface area contributed by atoms with Crippen LogP contribution in [0.25, 0.3) is 0 Å². The highest BCUT2D eigenvalue weighted by Crippen LogP contribution is 2.25.